The molecule has 0 aromatic heterocycles. The number of sulfonamides is 1. The molecule has 0 spiro atoms. The average molecular weight is 309 g/mol. The molecular weight excluding hydrogens is 299 g/mol. The second-order valence-electron chi connectivity index (χ2n) is 3.93. The smallest absolute Gasteiger partial charge is 0.305 e. The fraction of sp³-hybridized carbons (Fsp3) is 0.300. The third-order valence-electron chi connectivity index (χ3n) is 2.06. The van der Waals surface area contributed by atoms with Crippen LogP contribution in [-0.2, 0) is 14.8 Å². The van der Waals surface area contributed by atoms with Gasteiger partial charge in [0.05, 0.1) is 16.8 Å². The summed E-state index contributed by atoms with van der Waals surface area (Å²) in [4.78, 5) is -0.0929. The van der Waals surface area contributed by atoms with Crippen LogP contribution in [0, 0.1) is 0 Å². The van der Waals surface area contributed by atoms with Crippen LogP contribution in [0.1, 0.15) is 13.8 Å². The second kappa shape index (κ2) is 4.60. The Labute approximate surface area is 115 Å². The molecule has 2 rings (SSSR count). The Balaban J connectivity index is 2.55. The molecule has 1 aromatic rings. The third-order valence-corrected chi connectivity index (χ3v) is 4.05. The maximum Gasteiger partial charge on any atom is 0.305 e. The third kappa shape index (κ3) is 2.55. The maximum absolute atomic E-state index is 12.0. The van der Waals surface area contributed by atoms with Crippen LogP contribution in [0.3, 0.4) is 0 Å². The van der Waals surface area contributed by atoms with Crippen molar-refractivity contribution in [3.8, 4) is 0 Å². The lowest BCUT2D eigenvalue weighted by Crippen LogP contribution is -2.26. The molecule has 0 amide bonds. The fourth-order valence-electron chi connectivity index (χ4n) is 1.48. The van der Waals surface area contributed by atoms with Crippen LogP contribution >= 0.6 is 23.2 Å². The van der Waals surface area contributed by atoms with Crippen molar-refractivity contribution in [1.82, 2.24) is 0 Å². The van der Waals surface area contributed by atoms with Crippen LogP contribution in [0.2, 0.25) is 10.0 Å². The lowest BCUT2D eigenvalue weighted by Gasteiger charge is -2.20. The Morgan fingerprint density at radius 1 is 1.33 bits per heavy atom. The SMILES string of the molecule is CC(C)OC1=NS(=O)(=O)c2c(Cl)cc(Cl)cc2N1. The molecule has 0 fully saturated rings. The van der Waals surface area contributed by atoms with Gasteiger partial charge < -0.3 is 10.1 Å². The number of nitrogens with zero attached hydrogens (tertiary/aromatic N) is 1. The molecule has 98 valence electrons. The number of ether oxygens (including phenoxy) is 1. The molecule has 5 nitrogen and oxygen atoms in total. The molecular formula is C10H10Cl2N2O3S. The number of benzene rings is 1. The van der Waals surface area contributed by atoms with Crippen molar-refractivity contribution >= 4 is 44.9 Å². The predicted molar refractivity (Wildman–Crippen MR) is 70.9 cm³/mol. The van der Waals surface area contributed by atoms with Crippen LogP contribution in [0.25, 0.3) is 0 Å². The summed E-state index contributed by atoms with van der Waals surface area (Å²) in [6.45, 7) is 3.52. The van der Waals surface area contributed by atoms with E-state index in [1.54, 1.807) is 13.8 Å². The van der Waals surface area contributed by atoms with Gasteiger partial charge in [-0.15, -0.1) is 4.40 Å². The number of hydrogen-bond acceptors (Lipinski definition) is 4. The molecule has 0 atom stereocenters. The number of hydrogen-bond donors (Lipinski definition) is 1. The van der Waals surface area contributed by atoms with E-state index in [0.717, 1.165) is 0 Å². The highest BCUT2D eigenvalue weighted by atomic mass is 35.5. The lowest BCUT2D eigenvalue weighted by atomic mass is 10.3. The average Bonchev–Trinajstić information content (AvgIpc) is 2.11. The van der Waals surface area contributed by atoms with Crippen molar-refractivity contribution in [3.05, 3.63) is 22.2 Å². The largest absolute Gasteiger partial charge is 0.462 e. The highest BCUT2D eigenvalue weighted by Gasteiger charge is 2.29. The summed E-state index contributed by atoms with van der Waals surface area (Å²) < 4.78 is 32.7. The molecule has 1 aliphatic heterocycles. The Kier molecular flexibility index (Phi) is 3.44. The molecule has 1 N–H and O–H groups in total. The van der Waals surface area contributed by atoms with Crippen LogP contribution in [-0.4, -0.2) is 20.5 Å². The Morgan fingerprint density at radius 2 is 2.00 bits per heavy atom. The summed E-state index contributed by atoms with van der Waals surface area (Å²) in [6.07, 6.45) is -0.206. The van der Waals surface area contributed by atoms with Crippen molar-refractivity contribution in [2.75, 3.05) is 5.32 Å². The lowest BCUT2D eigenvalue weighted by molar-refractivity contribution is 0.228. The summed E-state index contributed by atoms with van der Waals surface area (Å²) in [5.41, 5.74) is 0.262. The van der Waals surface area contributed by atoms with Crippen LogP contribution in [0.5, 0.6) is 0 Å². The number of rotatable bonds is 1. The van der Waals surface area contributed by atoms with Gasteiger partial charge >= 0.3 is 6.02 Å². The van der Waals surface area contributed by atoms with E-state index in [-0.39, 0.29) is 27.7 Å². The minimum atomic E-state index is -3.87. The first-order valence-electron chi connectivity index (χ1n) is 5.07. The zero-order valence-corrected chi connectivity index (χ0v) is 11.9. The highest BCUT2D eigenvalue weighted by molar-refractivity contribution is 7.90. The number of nitrogens with one attached hydrogen (secondary N) is 1. The van der Waals surface area contributed by atoms with Crippen LogP contribution in [0.15, 0.2) is 21.4 Å². The van der Waals surface area contributed by atoms with Gasteiger partial charge in [-0.25, -0.2) is 0 Å². The van der Waals surface area contributed by atoms with Crippen molar-refractivity contribution < 1.29 is 13.2 Å². The topological polar surface area (TPSA) is 67.8 Å². The van der Waals surface area contributed by atoms with Gasteiger partial charge in [0.1, 0.15) is 4.90 Å². The summed E-state index contributed by atoms with van der Waals surface area (Å²) in [5.74, 6) is 0. The van der Waals surface area contributed by atoms with E-state index in [2.05, 4.69) is 9.71 Å². The standard InChI is InChI=1S/C10H10Cl2N2O3S/c1-5(2)17-10-13-8-4-6(11)3-7(12)9(8)18(15,16)14-10/h3-5H,1-2H3,(H,13,14). The Morgan fingerprint density at radius 3 is 2.61 bits per heavy atom. The predicted octanol–water partition coefficient (Wildman–Crippen LogP) is 2.89. The van der Waals surface area contributed by atoms with E-state index >= 15 is 0 Å². The van der Waals surface area contributed by atoms with E-state index in [4.69, 9.17) is 27.9 Å². The molecule has 8 heteroatoms. The van der Waals surface area contributed by atoms with E-state index in [1.165, 1.54) is 12.1 Å². The van der Waals surface area contributed by atoms with Gasteiger partial charge in [0, 0.05) is 5.02 Å². The summed E-state index contributed by atoms with van der Waals surface area (Å²) in [5, 5.41) is 3.10. The quantitative estimate of drug-likeness (QED) is 0.866. The van der Waals surface area contributed by atoms with Gasteiger partial charge in [0.15, 0.2) is 0 Å². The van der Waals surface area contributed by atoms with Crippen molar-refractivity contribution in [2.45, 2.75) is 24.8 Å². The number of halogens is 2. The van der Waals surface area contributed by atoms with Gasteiger partial charge in [-0.1, -0.05) is 23.2 Å². The molecule has 0 saturated carbocycles. The molecule has 0 bridgehead atoms. The van der Waals surface area contributed by atoms with Crippen molar-refractivity contribution in [1.29, 1.82) is 0 Å². The van der Waals surface area contributed by atoms with Gasteiger partial charge in [0.2, 0.25) is 0 Å². The minimum Gasteiger partial charge on any atom is -0.462 e. The molecule has 1 aromatic carbocycles. The fourth-order valence-corrected chi connectivity index (χ4v) is 3.36. The molecule has 0 saturated heterocycles. The minimum absolute atomic E-state index is 0.0253. The molecule has 0 radical (unpaired) electrons. The van der Waals surface area contributed by atoms with Gasteiger partial charge in [-0.3, -0.25) is 0 Å². The number of anilines is 1. The van der Waals surface area contributed by atoms with Crippen LogP contribution < -0.4 is 5.32 Å². The second-order valence-corrected chi connectivity index (χ2v) is 6.31. The Bertz CT molecular complexity index is 626. The van der Waals surface area contributed by atoms with Crippen molar-refractivity contribution in [3.63, 3.8) is 0 Å². The summed E-state index contributed by atoms with van der Waals surface area (Å²) in [6, 6.07) is 2.72. The van der Waals surface area contributed by atoms with E-state index in [1.807, 2.05) is 0 Å². The molecule has 18 heavy (non-hydrogen) atoms. The first-order valence-corrected chi connectivity index (χ1v) is 7.27. The van der Waals surface area contributed by atoms with Gasteiger partial charge in [-0.2, -0.15) is 8.42 Å². The zero-order chi connectivity index (χ0) is 13.5. The Hall–Kier alpha value is -0.980. The molecule has 0 unspecified atom stereocenters. The molecule has 0 aliphatic carbocycles. The van der Waals surface area contributed by atoms with E-state index in [0.29, 0.717) is 5.02 Å². The van der Waals surface area contributed by atoms with E-state index < -0.39 is 10.0 Å². The summed E-state index contributed by atoms with van der Waals surface area (Å²) in [7, 11) is -3.87. The number of amidine groups is 1. The first-order chi connectivity index (χ1) is 8.29. The molecule has 1 heterocycles. The zero-order valence-electron chi connectivity index (χ0n) is 9.57. The maximum atomic E-state index is 12.0. The normalized spacial score (nSPS) is 16.8. The first kappa shape index (κ1) is 13.5. The molecule has 1 aliphatic rings. The number of fused-ring (bicyclic) bond motifs is 1. The van der Waals surface area contributed by atoms with E-state index in [9.17, 15) is 8.42 Å². The van der Waals surface area contributed by atoms with Crippen LogP contribution in [0.4, 0.5) is 5.69 Å². The van der Waals surface area contributed by atoms with Crippen molar-refractivity contribution in [2.24, 2.45) is 4.40 Å². The monoisotopic (exact) mass is 308 g/mol. The van der Waals surface area contributed by atoms with Gasteiger partial charge in [-0.05, 0) is 26.0 Å². The highest BCUT2D eigenvalue weighted by Crippen LogP contribution is 2.36. The van der Waals surface area contributed by atoms with Gasteiger partial charge in [0.25, 0.3) is 10.0 Å². The summed E-state index contributed by atoms with van der Waals surface area (Å²) >= 11 is 11.7.